The third-order valence-electron chi connectivity index (χ3n) is 6.34. The first kappa shape index (κ1) is 34.3. The molecule has 2 aromatic carbocycles. The summed E-state index contributed by atoms with van der Waals surface area (Å²) in [6.45, 7) is 4.67. The molecule has 0 saturated carbocycles. The number of carbonyl (C=O) groups is 2. The Kier molecular flexibility index (Phi) is 16.6. The number of hydrogen-bond acceptors (Lipinski definition) is 4. The third-order valence-corrected chi connectivity index (χ3v) is 7.40. The highest BCUT2D eigenvalue weighted by Gasteiger charge is 2.17. The van der Waals surface area contributed by atoms with Crippen LogP contribution in [0.4, 0.5) is 0 Å². The molecule has 2 unspecified atom stereocenters. The predicted octanol–water partition coefficient (Wildman–Crippen LogP) is 8.67. The molecule has 0 radical (unpaired) electrons. The molecule has 2 amide bonds. The number of hydrogen-bond donors (Lipinski definition) is 2. The first-order valence-corrected chi connectivity index (χ1v) is 15.5. The number of ether oxygens (including phenoxy) is 2. The molecule has 0 saturated heterocycles. The second kappa shape index (κ2) is 19.3. The van der Waals surface area contributed by atoms with Gasteiger partial charge in [-0.25, -0.2) is 0 Å². The van der Waals surface area contributed by atoms with E-state index in [1.807, 2.05) is 0 Å². The van der Waals surface area contributed by atoms with Gasteiger partial charge in [-0.05, 0) is 63.1 Å². The zero-order valence-corrected chi connectivity index (χ0v) is 26.3. The summed E-state index contributed by atoms with van der Waals surface area (Å²) in [6, 6.07) is 9.85. The maximum atomic E-state index is 12.2. The molecular formula is C30H40Cl4N2O4. The Hall–Kier alpha value is -1.86. The quantitative estimate of drug-likeness (QED) is 0.152. The van der Waals surface area contributed by atoms with E-state index in [9.17, 15) is 9.59 Å². The average molecular weight is 634 g/mol. The highest BCUT2D eigenvalue weighted by molar-refractivity contribution is 6.36. The Balaban J connectivity index is 1.39. The van der Waals surface area contributed by atoms with Gasteiger partial charge in [0.25, 0.3) is 11.8 Å². The van der Waals surface area contributed by atoms with Gasteiger partial charge >= 0.3 is 0 Å². The summed E-state index contributed by atoms with van der Waals surface area (Å²) in [4.78, 5) is 24.5. The van der Waals surface area contributed by atoms with Crippen molar-refractivity contribution < 1.29 is 19.1 Å². The van der Waals surface area contributed by atoms with E-state index in [2.05, 4.69) is 10.6 Å². The van der Waals surface area contributed by atoms with Crippen LogP contribution in [0.1, 0.15) is 78.1 Å². The van der Waals surface area contributed by atoms with Crippen LogP contribution in [0.25, 0.3) is 0 Å². The maximum Gasteiger partial charge on any atom is 0.260 e. The number of benzene rings is 2. The number of halogens is 4. The van der Waals surface area contributed by atoms with Crippen molar-refractivity contribution >= 4 is 58.2 Å². The summed E-state index contributed by atoms with van der Waals surface area (Å²) in [7, 11) is 0. The maximum absolute atomic E-state index is 12.2. The van der Waals surface area contributed by atoms with E-state index >= 15 is 0 Å². The van der Waals surface area contributed by atoms with E-state index in [1.54, 1.807) is 50.2 Å². The van der Waals surface area contributed by atoms with Crippen LogP contribution in [0.3, 0.4) is 0 Å². The molecule has 0 spiro atoms. The molecular weight excluding hydrogens is 594 g/mol. The Bertz CT molecular complexity index is 986. The van der Waals surface area contributed by atoms with Crippen LogP contribution in [0.15, 0.2) is 36.4 Å². The van der Waals surface area contributed by atoms with Crippen molar-refractivity contribution in [3.05, 3.63) is 56.5 Å². The highest BCUT2D eigenvalue weighted by atomic mass is 35.5. The van der Waals surface area contributed by atoms with Gasteiger partial charge in [-0.1, -0.05) is 97.8 Å². The molecule has 2 rings (SSSR count). The van der Waals surface area contributed by atoms with Gasteiger partial charge in [-0.3, -0.25) is 9.59 Å². The van der Waals surface area contributed by atoms with Gasteiger partial charge in [0.2, 0.25) is 0 Å². The first-order valence-electron chi connectivity index (χ1n) is 14.0. The van der Waals surface area contributed by atoms with E-state index < -0.39 is 12.2 Å². The second-order valence-corrected chi connectivity index (χ2v) is 11.5. The van der Waals surface area contributed by atoms with Gasteiger partial charge in [0.05, 0.1) is 10.0 Å². The molecule has 0 heterocycles. The topological polar surface area (TPSA) is 76.7 Å². The van der Waals surface area contributed by atoms with Crippen molar-refractivity contribution in [1.29, 1.82) is 0 Å². The standard InChI is InChI=1S/C30H40Cl4N2O4/c1-21(39-27-15-13-23(31)19-25(27)33)29(37)35-17-11-9-7-5-3-4-6-8-10-12-18-36-30(38)22(2)40-28-16-14-24(32)20-26(28)34/h13-16,19-22H,3-12,17-18H2,1-2H3,(H,35,37)(H,36,38). The van der Waals surface area contributed by atoms with Crippen molar-refractivity contribution in [3.8, 4) is 11.5 Å². The van der Waals surface area contributed by atoms with Gasteiger partial charge < -0.3 is 20.1 Å². The summed E-state index contributed by atoms with van der Waals surface area (Å²) in [5.41, 5.74) is 0. The molecule has 0 aromatic heterocycles. The van der Waals surface area contributed by atoms with E-state index in [0.29, 0.717) is 44.7 Å². The van der Waals surface area contributed by atoms with Crippen molar-refractivity contribution in [3.63, 3.8) is 0 Å². The van der Waals surface area contributed by atoms with Crippen LogP contribution < -0.4 is 20.1 Å². The SMILES string of the molecule is CC(Oc1ccc(Cl)cc1Cl)C(=O)NCCCCCCCCCCCCNC(=O)C(C)Oc1ccc(Cl)cc1Cl. The minimum Gasteiger partial charge on any atom is -0.479 e. The van der Waals surface area contributed by atoms with Gasteiger partial charge in [-0.2, -0.15) is 0 Å². The number of rotatable bonds is 19. The van der Waals surface area contributed by atoms with Gasteiger partial charge in [-0.15, -0.1) is 0 Å². The van der Waals surface area contributed by atoms with E-state index in [0.717, 1.165) is 38.5 Å². The van der Waals surface area contributed by atoms with Crippen molar-refractivity contribution in [2.45, 2.75) is 90.3 Å². The molecule has 0 bridgehead atoms. The molecule has 0 aliphatic heterocycles. The Labute approximate surface area is 258 Å². The van der Waals surface area contributed by atoms with Crippen LogP contribution in [-0.4, -0.2) is 37.1 Å². The number of unbranched alkanes of at least 4 members (excludes halogenated alkanes) is 9. The molecule has 0 aliphatic rings. The van der Waals surface area contributed by atoms with E-state index in [4.69, 9.17) is 55.9 Å². The van der Waals surface area contributed by atoms with E-state index in [-0.39, 0.29) is 11.8 Å². The first-order chi connectivity index (χ1) is 19.2. The van der Waals surface area contributed by atoms with Crippen LogP contribution in [-0.2, 0) is 9.59 Å². The lowest BCUT2D eigenvalue weighted by Gasteiger charge is -2.15. The number of carbonyl (C=O) groups excluding carboxylic acids is 2. The fourth-order valence-corrected chi connectivity index (χ4v) is 4.91. The van der Waals surface area contributed by atoms with Crippen molar-refractivity contribution in [1.82, 2.24) is 10.6 Å². The molecule has 222 valence electrons. The normalized spacial score (nSPS) is 12.4. The summed E-state index contributed by atoms with van der Waals surface area (Å²) in [6.07, 6.45) is 9.98. The lowest BCUT2D eigenvalue weighted by atomic mass is 10.1. The molecule has 10 heteroatoms. The average Bonchev–Trinajstić information content (AvgIpc) is 2.91. The number of amides is 2. The van der Waals surface area contributed by atoms with Crippen LogP contribution in [0.5, 0.6) is 11.5 Å². The van der Waals surface area contributed by atoms with Crippen molar-refractivity contribution in [2.75, 3.05) is 13.1 Å². The largest absolute Gasteiger partial charge is 0.479 e. The van der Waals surface area contributed by atoms with Gasteiger partial charge in [0, 0.05) is 23.1 Å². The highest BCUT2D eigenvalue weighted by Crippen LogP contribution is 2.29. The Morgan fingerprint density at radius 1 is 0.600 bits per heavy atom. The van der Waals surface area contributed by atoms with E-state index in [1.165, 1.54) is 25.7 Å². The minimum atomic E-state index is -0.632. The fraction of sp³-hybridized carbons (Fsp3) is 0.533. The predicted molar refractivity (Wildman–Crippen MR) is 165 cm³/mol. The molecule has 0 fully saturated rings. The van der Waals surface area contributed by atoms with Gasteiger partial charge in [0.1, 0.15) is 11.5 Å². The molecule has 2 atom stereocenters. The zero-order valence-electron chi connectivity index (χ0n) is 23.2. The lowest BCUT2D eigenvalue weighted by Crippen LogP contribution is -2.36. The molecule has 2 N–H and O–H groups in total. The second-order valence-electron chi connectivity index (χ2n) is 9.79. The smallest absolute Gasteiger partial charge is 0.260 e. The van der Waals surface area contributed by atoms with Crippen LogP contribution in [0.2, 0.25) is 20.1 Å². The summed E-state index contributed by atoms with van der Waals surface area (Å²) < 4.78 is 11.3. The monoisotopic (exact) mass is 632 g/mol. The molecule has 2 aromatic rings. The minimum absolute atomic E-state index is 0.156. The van der Waals surface area contributed by atoms with Gasteiger partial charge in [0.15, 0.2) is 12.2 Å². The fourth-order valence-electron chi connectivity index (χ4n) is 4.00. The Morgan fingerprint density at radius 2 is 0.925 bits per heavy atom. The molecule has 40 heavy (non-hydrogen) atoms. The summed E-state index contributed by atoms with van der Waals surface area (Å²) in [5, 5.41) is 7.65. The zero-order chi connectivity index (χ0) is 29.3. The number of nitrogens with one attached hydrogen (secondary N) is 2. The van der Waals surface area contributed by atoms with Crippen LogP contribution >= 0.6 is 46.4 Å². The molecule has 0 aliphatic carbocycles. The third kappa shape index (κ3) is 13.7. The lowest BCUT2D eigenvalue weighted by molar-refractivity contribution is -0.127. The summed E-state index contributed by atoms with van der Waals surface area (Å²) in [5.74, 6) is 0.572. The van der Waals surface area contributed by atoms with Crippen molar-refractivity contribution in [2.24, 2.45) is 0 Å². The Morgan fingerprint density at radius 3 is 1.25 bits per heavy atom. The summed E-state index contributed by atoms with van der Waals surface area (Å²) >= 11 is 24.0. The van der Waals surface area contributed by atoms with Crippen LogP contribution in [0, 0.1) is 0 Å². The molecule has 6 nitrogen and oxygen atoms in total.